The highest BCUT2D eigenvalue weighted by Crippen LogP contribution is 2.40. The third kappa shape index (κ3) is 3.47. The van der Waals surface area contributed by atoms with Crippen molar-refractivity contribution in [3.8, 4) is 0 Å². The Labute approximate surface area is 128 Å². The maximum atomic E-state index is 10.8. The molecular weight excluding hydrogens is 284 g/mol. The second-order valence-electron chi connectivity index (χ2n) is 5.45. The lowest BCUT2D eigenvalue weighted by Gasteiger charge is -2.08. The van der Waals surface area contributed by atoms with Crippen molar-refractivity contribution in [1.29, 1.82) is 0 Å². The van der Waals surface area contributed by atoms with E-state index in [4.69, 9.17) is 5.11 Å². The summed E-state index contributed by atoms with van der Waals surface area (Å²) in [5.74, 6) is -0.146. The molecule has 0 atom stereocenters. The summed E-state index contributed by atoms with van der Waals surface area (Å²) in [4.78, 5) is 10.8. The van der Waals surface area contributed by atoms with Gasteiger partial charge in [0, 0.05) is 5.92 Å². The third-order valence-corrected chi connectivity index (χ3v) is 4.70. The van der Waals surface area contributed by atoms with Crippen molar-refractivity contribution in [2.45, 2.75) is 37.3 Å². The molecule has 0 spiro atoms. The standard InChI is InChI=1S/C16H18N2O2S/c1-11-4-2-3-5-13(11)9-18-15(21-10-16(19)20)8-14(17-18)12-6-7-12/h2-5,8,12H,6-7,9-10H2,1H3,(H,19,20). The smallest absolute Gasteiger partial charge is 0.313 e. The van der Waals surface area contributed by atoms with Gasteiger partial charge < -0.3 is 5.11 Å². The fourth-order valence-electron chi connectivity index (χ4n) is 2.31. The highest BCUT2D eigenvalue weighted by atomic mass is 32.2. The highest BCUT2D eigenvalue weighted by Gasteiger charge is 2.27. The molecule has 0 amide bonds. The van der Waals surface area contributed by atoms with Crippen molar-refractivity contribution in [3.05, 3.63) is 47.2 Å². The van der Waals surface area contributed by atoms with Crippen LogP contribution >= 0.6 is 11.8 Å². The Balaban J connectivity index is 1.84. The fourth-order valence-corrected chi connectivity index (χ4v) is 3.04. The summed E-state index contributed by atoms with van der Waals surface area (Å²) in [5, 5.41) is 14.5. The lowest BCUT2D eigenvalue weighted by Crippen LogP contribution is -2.06. The molecular formula is C16H18N2O2S. The average Bonchev–Trinajstić information content (AvgIpc) is 3.22. The van der Waals surface area contributed by atoms with Crippen LogP contribution in [0.3, 0.4) is 0 Å². The molecule has 1 saturated carbocycles. The van der Waals surface area contributed by atoms with Crippen LogP contribution in [0.2, 0.25) is 0 Å². The number of aromatic nitrogens is 2. The van der Waals surface area contributed by atoms with Gasteiger partial charge in [-0.1, -0.05) is 36.0 Å². The second kappa shape index (κ2) is 5.93. The minimum absolute atomic E-state index is 0.0730. The Hall–Kier alpha value is -1.75. The number of carboxylic acids is 1. The van der Waals surface area contributed by atoms with Crippen LogP contribution in [0.5, 0.6) is 0 Å². The van der Waals surface area contributed by atoms with Crippen LogP contribution in [-0.4, -0.2) is 26.6 Å². The van der Waals surface area contributed by atoms with E-state index in [0.29, 0.717) is 12.5 Å². The second-order valence-corrected chi connectivity index (χ2v) is 6.44. The van der Waals surface area contributed by atoms with E-state index < -0.39 is 5.97 Å². The number of benzene rings is 1. The molecule has 1 aliphatic rings. The van der Waals surface area contributed by atoms with Crippen molar-refractivity contribution in [3.63, 3.8) is 0 Å². The van der Waals surface area contributed by atoms with Gasteiger partial charge in [-0.05, 0) is 37.0 Å². The molecule has 1 aromatic carbocycles. The molecule has 2 aromatic rings. The molecule has 110 valence electrons. The molecule has 4 nitrogen and oxygen atoms in total. The first-order chi connectivity index (χ1) is 10.1. The largest absolute Gasteiger partial charge is 0.481 e. The van der Waals surface area contributed by atoms with Crippen molar-refractivity contribution in [1.82, 2.24) is 9.78 Å². The van der Waals surface area contributed by atoms with E-state index in [1.54, 1.807) is 0 Å². The quantitative estimate of drug-likeness (QED) is 0.832. The summed E-state index contributed by atoms with van der Waals surface area (Å²) in [6, 6.07) is 10.3. The first kappa shape index (κ1) is 14.2. The molecule has 0 bridgehead atoms. The number of carbonyl (C=O) groups is 1. The Bertz CT molecular complexity index is 662. The van der Waals surface area contributed by atoms with Crippen LogP contribution < -0.4 is 0 Å². The van der Waals surface area contributed by atoms with E-state index in [-0.39, 0.29) is 5.75 Å². The van der Waals surface area contributed by atoms with Gasteiger partial charge in [0.25, 0.3) is 0 Å². The van der Waals surface area contributed by atoms with E-state index in [9.17, 15) is 4.79 Å². The van der Waals surface area contributed by atoms with Crippen LogP contribution in [0.25, 0.3) is 0 Å². The number of thioether (sulfide) groups is 1. The van der Waals surface area contributed by atoms with Crippen LogP contribution in [0.15, 0.2) is 35.4 Å². The number of aryl methyl sites for hydroxylation is 1. The number of rotatable bonds is 6. The minimum atomic E-state index is -0.795. The predicted octanol–water partition coefficient (Wildman–Crippen LogP) is 3.29. The van der Waals surface area contributed by atoms with Gasteiger partial charge in [-0.2, -0.15) is 5.10 Å². The Morgan fingerprint density at radius 3 is 2.86 bits per heavy atom. The van der Waals surface area contributed by atoms with Gasteiger partial charge in [0.15, 0.2) is 0 Å². The molecule has 5 heteroatoms. The molecule has 0 radical (unpaired) electrons. The summed E-state index contributed by atoms with van der Waals surface area (Å²) in [5.41, 5.74) is 3.56. The molecule has 0 saturated heterocycles. The van der Waals surface area contributed by atoms with Crippen molar-refractivity contribution in [2.75, 3.05) is 5.75 Å². The summed E-state index contributed by atoms with van der Waals surface area (Å²) >= 11 is 1.35. The molecule has 3 rings (SSSR count). The van der Waals surface area contributed by atoms with E-state index in [0.717, 1.165) is 10.7 Å². The molecule has 0 aliphatic heterocycles. The van der Waals surface area contributed by atoms with Gasteiger partial charge in [0.2, 0.25) is 0 Å². The zero-order valence-corrected chi connectivity index (χ0v) is 12.8. The van der Waals surface area contributed by atoms with Crippen LogP contribution in [-0.2, 0) is 11.3 Å². The van der Waals surface area contributed by atoms with Gasteiger partial charge in [-0.25, -0.2) is 0 Å². The fraction of sp³-hybridized carbons (Fsp3) is 0.375. The number of carboxylic acid groups (broad SMARTS) is 1. The topological polar surface area (TPSA) is 55.1 Å². The zero-order valence-electron chi connectivity index (χ0n) is 12.0. The Morgan fingerprint density at radius 1 is 1.43 bits per heavy atom. The number of nitrogens with zero attached hydrogens (tertiary/aromatic N) is 2. The highest BCUT2D eigenvalue weighted by molar-refractivity contribution is 7.99. The maximum Gasteiger partial charge on any atom is 0.313 e. The van der Waals surface area contributed by atoms with Crippen LogP contribution in [0, 0.1) is 6.92 Å². The summed E-state index contributed by atoms with van der Waals surface area (Å²) in [6.07, 6.45) is 2.40. The predicted molar refractivity (Wildman–Crippen MR) is 82.8 cm³/mol. The first-order valence-electron chi connectivity index (χ1n) is 7.10. The summed E-state index contributed by atoms with van der Waals surface area (Å²) in [6.45, 7) is 2.78. The lowest BCUT2D eigenvalue weighted by atomic mass is 10.1. The minimum Gasteiger partial charge on any atom is -0.481 e. The monoisotopic (exact) mass is 302 g/mol. The normalized spacial score (nSPS) is 14.3. The number of aliphatic carboxylic acids is 1. The first-order valence-corrected chi connectivity index (χ1v) is 8.09. The van der Waals surface area contributed by atoms with Crippen molar-refractivity contribution < 1.29 is 9.90 Å². The molecule has 1 aromatic heterocycles. The van der Waals surface area contributed by atoms with Crippen LogP contribution in [0.1, 0.15) is 35.6 Å². The SMILES string of the molecule is Cc1ccccc1Cn1nc(C2CC2)cc1SCC(=O)O. The summed E-state index contributed by atoms with van der Waals surface area (Å²) in [7, 11) is 0. The molecule has 21 heavy (non-hydrogen) atoms. The molecule has 1 N–H and O–H groups in total. The average molecular weight is 302 g/mol. The molecule has 1 fully saturated rings. The van der Waals surface area contributed by atoms with E-state index in [1.165, 1.54) is 35.7 Å². The van der Waals surface area contributed by atoms with Crippen molar-refractivity contribution in [2.24, 2.45) is 0 Å². The number of hydrogen-bond donors (Lipinski definition) is 1. The van der Waals surface area contributed by atoms with E-state index in [2.05, 4.69) is 30.2 Å². The van der Waals surface area contributed by atoms with Gasteiger partial charge in [0.05, 0.1) is 23.0 Å². The van der Waals surface area contributed by atoms with E-state index >= 15 is 0 Å². The Kier molecular flexibility index (Phi) is 4.01. The van der Waals surface area contributed by atoms with Crippen molar-refractivity contribution >= 4 is 17.7 Å². The molecule has 0 unspecified atom stereocenters. The van der Waals surface area contributed by atoms with Gasteiger partial charge in [-0.15, -0.1) is 0 Å². The Morgan fingerprint density at radius 2 is 2.19 bits per heavy atom. The lowest BCUT2D eigenvalue weighted by molar-refractivity contribution is -0.133. The van der Waals surface area contributed by atoms with Gasteiger partial charge >= 0.3 is 5.97 Å². The maximum absolute atomic E-state index is 10.8. The van der Waals surface area contributed by atoms with E-state index in [1.807, 2.05) is 16.8 Å². The third-order valence-electron chi connectivity index (χ3n) is 3.68. The molecule has 1 aliphatic carbocycles. The van der Waals surface area contributed by atoms with Gasteiger partial charge in [-0.3, -0.25) is 9.48 Å². The summed E-state index contributed by atoms with van der Waals surface area (Å²) < 4.78 is 1.95. The number of hydrogen-bond acceptors (Lipinski definition) is 3. The van der Waals surface area contributed by atoms with Crippen LogP contribution in [0.4, 0.5) is 0 Å². The van der Waals surface area contributed by atoms with Gasteiger partial charge in [0.1, 0.15) is 0 Å². The zero-order chi connectivity index (χ0) is 14.8. The molecule has 1 heterocycles.